The van der Waals surface area contributed by atoms with Gasteiger partial charge in [0.2, 0.25) is 0 Å². The minimum Gasteiger partial charge on any atom is -0.736 e. The summed E-state index contributed by atoms with van der Waals surface area (Å²) in [6, 6.07) is 0. The second kappa shape index (κ2) is 6.28. The summed E-state index contributed by atoms with van der Waals surface area (Å²) >= 11 is 0. The summed E-state index contributed by atoms with van der Waals surface area (Å²) in [4.78, 5) is 0. The van der Waals surface area contributed by atoms with E-state index in [0.29, 0.717) is 0 Å². The first kappa shape index (κ1) is 17.7. The third kappa shape index (κ3) is 1500. The van der Waals surface area contributed by atoms with E-state index in [0.717, 1.165) is 0 Å². The molecule has 0 unspecified atom stereocenters. The third-order valence-electron chi connectivity index (χ3n) is 0. The largest absolute Gasteiger partial charge is 1.00 e. The quantitative estimate of drug-likeness (QED) is 0.269. The predicted molar refractivity (Wildman–Crippen MR) is 29.6 cm³/mol. The van der Waals surface area contributed by atoms with Crippen molar-refractivity contribution in [2.75, 3.05) is 0 Å². The maximum Gasteiger partial charge on any atom is 1.00 e. The Morgan fingerprint density at radius 3 is 1.09 bits per heavy atom. The van der Waals surface area contributed by atoms with Crippen molar-refractivity contribution in [3.63, 3.8) is 0 Å². The standard InChI is InChI=1S/2H3NO3S.Na/c2*1-5(2,3)4;/h2*(H3,1,2,3,4);/q;;+1/p-1. The first-order valence-electron chi connectivity index (χ1n) is 1.49. The molecule has 0 aromatic carbocycles. The molecule has 11 heavy (non-hydrogen) atoms. The van der Waals surface area contributed by atoms with Crippen LogP contribution < -0.4 is 39.8 Å². The molecule has 0 heterocycles. The third-order valence-corrected chi connectivity index (χ3v) is 0. The summed E-state index contributed by atoms with van der Waals surface area (Å²) in [5.41, 5.74) is 0. The molecule has 8 nitrogen and oxygen atoms in total. The minimum absolute atomic E-state index is 0. The Morgan fingerprint density at radius 2 is 1.09 bits per heavy atom. The molecule has 11 heteroatoms. The zero-order valence-corrected chi connectivity index (χ0v) is 9.09. The van der Waals surface area contributed by atoms with E-state index >= 15 is 0 Å². The summed E-state index contributed by atoms with van der Waals surface area (Å²) in [6.45, 7) is 0. The summed E-state index contributed by atoms with van der Waals surface area (Å²) in [5.74, 6) is 0. The molecule has 0 saturated carbocycles. The van der Waals surface area contributed by atoms with Gasteiger partial charge in [-0.3, -0.25) is 4.55 Å². The molecule has 5 N–H and O–H groups in total. The van der Waals surface area contributed by atoms with E-state index in [9.17, 15) is 0 Å². The molecule has 0 aromatic rings. The van der Waals surface area contributed by atoms with E-state index in [-0.39, 0.29) is 29.6 Å². The van der Waals surface area contributed by atoms with Crippen LogP contribution >= 0.6 is 0 Å². The van der Waals surface area contributed by atoms with Crippen LogP contribution in [-0.2, 0) is 20.6 Å². The smallest absolute Gasteiger partial charge is 0.736 e. The van der Waals surface area contributed by atoms with E-state index < -0.39 is 20.6 Å². The van der Waals surface area contributed by atoms with Gasteiger partial charge in [-0.1, -0.05) is 0 Å². The Kier molecular flexibility index (Phi) is 10.1. The van der Waals surface area contributed by atoms with Gasteiger partial charge in [-0.2, -0.15) is 8.42 Å². The van der Waals surface area contributed by atoms with E-state index in [4.69, 9.17) is 25.9 Å². The number of nitrogens with two attached hydrogens (primary N) is 2. The molecule has 0 bridgehead atoms. The molecule has 0 atom stereocenters. The SMILES string of the molecule is NS(=O)(=O)O.NS(=O)(=O)[O-].[Na+]. The fourth-order valence-corrected chi connectivity index (χ4v) is 0. The zero-order valence-electron chi connectivity index (χ0n) is 5.46. The van der Waals surface area contributed by atoms with Crippen molar-refractivity contribution < 1.29 is 55.5 Å². The van der Waals surface area contributed by atoms with Crippen molar-refractivity contribution in [2.45, 2.75) is 0 Å². The predicted octanol–water partition coefficient (Wildman–Crippen LogP) is -5.84. The van der Waals surface area contributed by atoms with Gasteiger partial charge in [-0.05, 0) is 0 Å². The van der Waals surface area contributed by atoms with Crippen molar-refractivity contribution in [1.29, 1.82) is 0 Å². The van der Waals surface area contributed by atoms with Gasteiger partial charge in [-0.25, -0.2) is 18.7 Å². The van der Waals surface area contributed by atoms with Crippen LogP contribution in [0.5, 0.6) is 0 Å². The Balaban J connectivity index is -0.000000107. The van der Waals surface area contributed by atoms with Gasteiger partial charge in [-0.15, -0.1) is 0 Å². The van der Waals surface area contributed by atoms with Crippen LogP contribution in [0.15, 0.2) is 0 Å². The summed E-state index contributed by atoms with van der Waals surface area (Å²) < 4.78 is 51.8. The summed E-state index contributed by atoms with van der Waals surface area (Å²) in [6.07, 6.45) is 0. The molecule has 0 spiro atoms. The molecule has 0 fully saturated rings. The molecule has 0 aliphatic rings. The Labute approximate surface area is 86.0 Å². The second-order valence-corrected chi connectivity index (χ2v) is 3.02. The van der Waals surface area contributed by atoms with Gasteiger partial charge < -0.3 is 4.55 Å². The van der Waals surface area contributed by atoms with Crippen molar-refractivity contribution in [2.24, 2.45) is 10.3 Å². The van der Waals surface area contributed by atoms with Crippen molar-refractivity contribution >= 4 is 20.6 Å². The van der Waals surface area contributed by atoms with Crippen molar-refractivity contribution in [3.05, 3.63) is 0 Å². The van der Waals surface area contributed by atoms with Crippen LogP contribution in [0.4, 0.5) is 0 Å². The van der Waals surface area contributed by atoms with E-state index in [1.165, 1.54) is 0 Å². The van der Waals surface area contributed by atoms with Gasteiger partial charge in [0, 0.05) is 0 Å². The van der Waals surface area contributed by atoms with E-state index in [2.05, 4.69) is 10.3 Å². The number of rotatable bonds is 0. The Hall–Kier alpha value is 0.740. The normalized spacial score (nSPS) is 10.5. The fraction of sp³-hybridized carbons (Fsp3) is 0. The monoisotopic (exact) mass is 216 g/mol. The fourth-order valence-electron chi connectivity index (χ4n) is 0. The molecule has 0 radical (unpaired) electrons. The molecule has 0 aromatic heterocycles. The molecule has 64 valence electrons. The Morgan fingerprint density at radius 1 is 1.09 bits per heavy atom. The van der Waals surface area contributed by atoms with Gasteiger partial charge in [0.25, 0.3) is 0 Å². The topological polar surface area (TPSA) is 164 Å². The van der Waals surface area contributed by atoms with Gasteiger partial charge >= 0.3 is 39.9 Å². The molecule has 0 aliphatic carbocycles. The summed E-state index contributed by atoms with van der Waals surface area (Å²) in [7, 11) is -8.58. The molecule has 0 aliphatic heterocycles. The molecule has 0 saturated heterocycles. The molecule has 0 rings (SSSR count). The Bertz CT molecular complexity index is 215. The van der Waals surface area contributed by atoms with Gasteiger partial charge in [0.15, 0.2) is 10.3 Å². The van der Waals surface area contributed by atoms with Crippen LogP contribution in [0.1, 0.15) is 0 Å². The van der Waals surface area contributed by atoms with Crippen LogP contribution in [0.25, 0.3) is 0 Å². The van der Waals surface area contributed by atoms with Crippen molar-refractivity contribution in [1.82, 2.24) is 0 Å². The maximum atomic E-state index is 8.97. The average molecular weight is 216 g/mol. The first-order valence-corrected chi connectivity index (χ1v) is 4.46. The average Bonchev–Trinajstić information content (AvgIpc) is 1.12. The van der Waals surface area contributed by atoms with Crippen LogP contribution in [-0.4, -0.2) is 25.9 Å². The van der Waals surface area contributed by atoms with Gasteiger partial charge in [0.1, 0.15) is 0 Å². The van der Waals surface area contributed by atoms with Gasteiger partial charge in [0.05, 0.1) is 0 Å². The van der Waals surface area contributed by atoms with Crippen molar-refractivity contribution in [3.8, 4) is 0 Å². The zero-order chi connectivity index (χ0) is 9.00. The van der Waals surface area contributed by atoms with Crippen LogP contribution in [0.3, 0.4) is 0 Å². The van der Waals surface area contributed by atoms with Crippen LogP contribution in [0.2, 0.25) is 0 Å². The maximum absolute atomic E-state index is 8.97. The first-order chi connectivity index (χ1) is 4.00. The molecular weight excluding hydrogens is 211 g/mol. The van der Waals surface area contributed by atoms with E-state index in [1.54, 1.807) is 0 Å². The second-order valence-electron chi connectivity index (χ2n) is 1.01. The molecular formula is H5N2NaO6S2. The number of hydrogen-bond donors (Lipinski definition) is 3. The van der Waals surface area contributed by atoms with Crippen LogP contribution in [0, 0.1) is 0 Å². The minimum atomic E-state index is -4.42. The van der Waals surface area contributed by atoms with E-state index in [1.807, 2.05) is 0 Å². The summed E-state index contributed by atoms with van der Waals surface area (Å²) in [5, 5.41) is 7.65. The number of hydrogen-bond acceptors (Lipinski definition) is 5. The molecule has 0 amide bonds.